The van der Waals surface area contributed by atoms with E-state index < -0.39 is 0 Å². The van der Waals surface area contributed by atoms with Crippen LogP contribution in [0.2, 0.25) is 0 Å². The van der Waals surface area contributed by atoms with E-state index in [4.69, 9.17) is 6.42 Å². The molecule has 0 radical (unpaired) electrons. The molecule has 0 unspecified atom stereocenters. The molecule has 0 saturated heterocycles. The van der Waals surface area contributed by atoms with Gasteiger partial charge in [-0.15, -0.1) is 18.2 Å². The third-order valence-corrected chi connectivity index (χ3v) is 3.14. The van der Waals surface area contributed by atoms with Gasteiger partial charge in [0.25, 0.3) is 5.91 Å². The van der Waals surface area contributed by atoms with Crippen molar-refractivity contribution in [2.75, 3.05) is 19.3 Å². The molecule has 0 atom stereocenters. The van der Waals surface area contributed by atoms with Gasteiger partial charge in [-0.3, -0.25) is 4.79 Å². The Morgan fingerprint density at radius 3 is 2.53 bits per heavy atom. The second-order valence-corrected chi connectivity index (χ2v) is 4.54. The Kier molecular flexibility index (Phi) is 5.65. The molecule has 17 heavy (non-hydrogen) atoms. The van der Waals surface area contributed by atoms with Gasteiger partial charge >= 0.3 is 0 Å². The van der Waals surface area contributed by atoms with Crippen LogP contribution >= 0.6 is 11.8 Å². The zero-order valence-electron chi connectivity index (χ0n) is 10.3. The van der Waals surface area contributed by atoms with E-state index in [9.17, 15) is 4.79 Å². The van der Waals surface area contributed by atoms with E-state index in [2.05, 4.69) is 5.92 Å². The van der Waals surface area contributed by atoms with Gasteiger partial charge in [-0.05, 0) is 36.9 Å². The van der Waals surface area contributed by atoms with Crippen molar-refractivity contribution < 1.29 is 4.79 Å². The lowest BCUT2D eigenvalue weighted by molar-refractivity contribution is 0.0777. The second kappa shape index (κ2) is 7.03. The molecular formula is C14H17NOS. The number of carbonyl (C=O) groups excluding carboxylic acids is 1. The van der Waals surface area contributed by atoms with E-state index in [-0.39, 0.29) is 5.91 Å². The number of hydrogen-bond acceptors (Lipinski definition) is 2. The number of carbonyl (C=O) groups is 1. The molecule has 1 aromatic carbocycles. The fourth-order valence-electron chi connectivity index (χ4n) is 1.55. The molecule has 0 bridgehead atoms. The summed E-state index contributed by atoms with van der Waals surface area (Å²) in [5.41, 5.74) is 0.700. The van der Waals surface area contributed by atoms with Crippen molar-refractivity contribution in [3.05, 3.63) is 29.8 Å². The van der Waals surface area contributed by atoms with Crippen LogP contribution in [-0.4, -0.2) is 30.2 Å². The van der Waals surface area contributed by atoms with Crippen LogP contribution in [0.25, 0.3) is 0 Å². The van der Waals surface area contributed by atoms with E-state index >= 15 is 0 Å². The van der Waals surface area contributed by atoms with Crippen LogP contribution in [0.3, 0.4) is 0 Å². The first kappa shape index (κ1) is 13.7. The van der Waals surface area contributed by atoms with Crippen LogP contribution in [0.5, 0.6) is 0 Å². The fourth-order valence-corrected chi connectivity index (χ4v) is 1.96. The number of rotatable bonds is 5. The summed E-state index contributed by atoms with van der Waals surface area (Å²) < 4.78 is 0. The Labute approximate surface area is 107 Å². The highest BCUT2D eigenvalue weighted by Gasteiger charge is 2.13. The molecule has 0 saturated carbocycles. The van der Waals surface area contributed by atoms with Gasteiger partial charge in [0, 0.05) is 17.0 Å². The molecule has 0 N–H and O–H groups in total. The molecule has 1 rings (SSSR count). The third-order valence-electron chi connectivity index (χ3n) is 2.40. The van der Waals surface area contributed by atoms with Crippen LogP contribution in [0, 0.1) is 12.3 Å². The average molecular weight is 247 g/mol. The smallest absolute Gasteiger partial charge is 0.254 e. The van der Waals surface area contributed by atoms with Crippen molar-refractivity contribution in [3.8, 4) is 12.3 Å². The van der Waals surface area contributed by atoms with Crippen LogP contribution in [0.1, 0.15) is 23.7 Å². The minimum atomic E-state index is 0.0115. The summed E-state index contributed by atoms with van der Waals surface area (Å²) in [5, 5.41) is 0. The van der Waals surface area contributed by atoms with Crippen LogP contribution in [-0.2, 0) is 0 Å². The largest absolute Gasteiger partial charge is 0.328 e. The summed E-state index contributed by atoms with van der Waals surface area (Å²) in [5.74, 6) is 2.54. The summed E-state index contributed by atoms with van der Waals surface area (Å²) in [4.78, 5) is 15.0. The van der Waals surface area contributed by atoms with Crippen molar-refractivity contribution in [1.82, 2.24) is 4.90 Å². The Morgan fingerprint density at radius 2 is 2.06 bits per heavy atom. The van der Waals surface area contributed by atoms with Crippen molar-refractivity contribution in [2.45, 2.75) is 18.2 Å². The Bertz CT molecular complexity index is 405. The Balaban J connectivity index is 2.81. The highest BCUT2D eigenvalue weighted by Crippen LogP contribution is 2.15. The zero-order chi connectivity index (χ0) is 12.7. The summed E-state index contributed by atoms with van der Waals surface area (Å²) in [6.07, 6.45) is 8.20. The van der Waals surface area contributed by atoms with Crippen molar-refractivity contribution in [2.24, 2.45) is 0 Å². The molecule has 0 fully saturated rings. The van der Waals surface area contributed by atoms with E-state index in [1.807, 2.05) is 37.4 Å². The lowest BCUT2D eigenvalue weighted by Crippen LogP contribution is -2.32. The van der Waals surface area contributed by atoms with E-state index in [1.54, 1.807) is 16.7 Å². The van der Waals surface area contributed by atoms with Gasteiger partial charge in [-0.25, -0.2) is 0 Å². The third kappa shape index (κ3) is 3.83. The minimum Gasteiger partial charge on any atom is -0.328 e. The van der Waals surface area contributed by atoms with E-state index in [1.165, 1.54) is 0 Å². The summed E-state index contributed by atoms with van der Waals surface area (Å²) >= 11 is 1.66. The SMILES string of the molecule is C#CCN(CCC)C(=O)c1ccc(SC)cc1. The molecule has 3 heteroatoms. The maximum atomic E-state index is 12.1. The molecule has 1 aromatic rings. The minimum absolute atomic E-state index is 0.0115. The van der Waals surface area contributed by atoms with Crippen molar-refractivity contribution >= 4 is 17.7 Å². The first-order valence-corrected chi connectivity index (χ1v) is 6.82. The molecule has 2 nitrogen and oxygen atoms in total. The molecule has 0 aliphatic heterocycles. The summed E-state index contributed by atoms with van der Waals surface area (Å²) in [7, 11) is 0. The van der Waals surface area contributed by atoms with Gasteiger partial charge in [-0.2, -0.15) is 0 Å². The first-order chi connectivity index (χ1) is 8.22. The predicted molar refractivity (Wildman–Crippen MR) is 73.3 cm³/mol. The molecular weight excluding hydrogens is 230 g/mol. The number of nitrogens with zero attached hydrogens (tertiary/aromatic N) is 1. The van der Waals surface area contributed by atoms with Gasteiger partial charge in [0.2, 0.25) is 0 Å². The number of terminal acetylenes is 1. The second-order valence-electron chi connectivity index (χ2n) is 3.66. The van der Waals surface area contributed by atoms with Crippen molar-refractivity contribution in [1.29, 1.82) is 0 Å². The first-order valence-electron chi connectivity index (χ1n) is 5.59. The maximum Gasteiger partial charge on any atom is 0.254 e. The molecule has 0 spiro atoms. The lowest BCUT2D eigenvalue weighted by atomic mass is 10.2. The Hall–Kier alpha value is -1.40. The van der Waals surface area contributed by atoms with Gasteiger partial charge < -0.3 is 4.90 Å². The van der Waals surface area contributed by atoms with Gasteiger partial charge in [0.1, 0.15) is 0 Å². The quantitative estimate of drug-likeness (QED) is 0.589. The van der Waals surface area contributed by atoms with Gasteiger partial charge in [0.15, 0.2) is 0 Å². The molecule has 0 aliphatic rings. The maximum absolute atomic E-state index is 12.1. The predicted octanol–water partition coefficient (Wildman–Crippen LogP) is 2.89. The standard InChI is InChI=1S/C14H17NOS/c1-4-10-15(11-5-2)14(16)12-6-8-13(17-3)9-7-12/h1,6-9H,5,10-11H2,2-3H3. The number of benzene rings is 1. The number of thioether (sulfide) groups is 1. The van der Waals surface area contributed by atoms with Gasteiger partial charge in [0.05, 0.1) is 6.54 Å². The average Bonchev–Trinajstić information content (AvgIpc) is 2.38. The monoisotopic (exact) mass is 247 g/mol. The van der Waals surface area contributed by atoms with Crippen LogP contribution in [0.4, 0.5) is 0 Å². The van der Waals surface area contributed by atoms with E-state index in [0.29, 0.717) is 18.7 Å². The highest BCUT2D eigenvalue weighted by atomic mass is 32.2. The van der Waals surface area contributed by atoms with Crippen LogP contribution in [0.15, 0.2) is 29.2 Å². The van der Waals surface area contributed by atoms with E-state index in [0.717, 1.165) is 11.3 Å². The number of hydrogen-bond donors (Lipinski definition) is 0. The normalized spacial score (nSPS) is 9.71. The molecule has 0 aliphatic carbocycles. The molecule has 1 amide bonds. The molecule has 0 heterocycles. The van der Waals surface area contributed by atoms with Crippen molar-refractivity contribution in [3.63, 3.8) is 0 Å². The van der Waals surface area contributed by atoms with Gasteiger partial charge in [-0.1, -0.05) is 12.8 Å². The molecule has 90 valence electrons. The number of amides is 1. The summed E-state index contributed by atoms with van der Waals surface area (Å²) in [6, 6.07) is 7.62. The zero-order valence-corrected chi connectivity index (χ0v) is 11.1. The fraction of sp³-hybridized carbons (Fsp3) is 0.357. The highest BCUT2D eigenvalue weighted by molar-refractivity contribution is 7.98. The topological polar surface area (TPSA) is 20.3 Å². The van der Waals surface area contributed by atoms with Crippen LogP contribution < -0.4 is 0 Å². The lowest BCUT2D eigenvalue weighted by Gasteiger charge is -2.19. The summed E-state index contributed by atoms with van der Waals surface area (Å²) in [6.45, 7) is 3.11. The Morgan fingerprint density at radius 1 is 1.41 bits per heavy atom. The molecule has 0 aromatic heterocycles.